The third-order valence-electron chi connectivity index (χ3n) is 2.11. The standard InChI is InChI=1S/C8H13N3/c1-2-3-7-4-10-11-6-9-5-8(7)11/h4,9H,2-3,5-6H2,1H3. The molecule has 1 aromatic rings. The highest BCUT2D eigenvalue weighted by molar-refractivity contribution is 5.19. The van der Waals surface area contributed by atoms with Crippen LogP contribution in [0.5, 0.6) is 0 Å². The van der Waals surface area contributed by atoms with Gasteiger partial charge < -0.3 is 0 Å². The van der Waals surface area contributed by atoms with Gasteiger partial charge in [0.05, 0.1) is 18.6 Å². The average Bonchev–Trinajstić information content (AvgIpc) is 2.53. The molecule has 0 saturated carbocycles. The molecule has 0 radical (unpaired) electrons. The molecule has 0 amide bonds. The minimum Gasteiger partial charge on any atom is -0.293 e. The Bertz CT molecular complexity index is 252. The van der Waals surface area contributed by atoms with Gasteiger partial charge in [-0.3, -0.25) is 10.00 Å². The van der Waals surface area contributed by atoms with Gasteiger partial charge in [-0.15, -0.1) is 0 Å². The number of aryl methyl sites for hydroxylation is 1. The van der Waals surface area contributed by atoms with Gasteiger partial charge in [0, 0.05) is 6.54 Å². The fourth-order valence-corrected chi connectivity index (χ4v) is 1.55. The van der Waals surface area contributed by atoms with Gasteiger partial charge in [-0.1, -0.05) is 13.3 Å². The van der Waals surface area contributed by atoms with E-state index in [1.54, 1.807) is 0 Å². The molecule has 3 heteroatoms. The Hall–Kier alpha value is -0.830. The number of nitrogens with zero attached hydrogens (tertiary/aromatic N) is 2. The normalized spacial score (nSPS) is 15.4. The van der Waals surface area contributed by atoms with Crippen LogP contribution < -0.4 is 5.32 Å². The molecule has 0 fully saturated rings. The van der Waals surface area contributed by atoms with Crippen LogP contribution in [-0.2, 0) is 19.6 Å². The van der Waals surface area contributed by atoms with E-state index in [1.807, 2.05) is 10.9 Å². The summed E-state index contributed by atoms with van der Waals surface area (Å²) in [5.41, 5.74) is 2.80. The Balaban J connectivity index is 2.27. The molecule has 0 spiro atoms. The van der Waals surface area contributed by atoms with Gasteiger partial charge in [0.15, 0.2) is 0 Å². The van der Waals surface area contributed by atoms with Crippen molar-refractivity contribution in [1.29, 1.82) is 0 Å². The zero-order valence-corrected chi connectivity index (χ0v) is 6.80. The number of nitrogens with one attached hydrogen (secondary N) is 1. The molecule has 0 atom stereocenters. The van der Waals surface area contributed by atoms with Crippen LogP contribution in [0.4, 0.5) is 0 Å². The highest BCUT2D eigenvalue weighted by Gasteiger charge is 2.13. The minimum atomic E-state index is 0.888. The van der Waals surface area contributed by atoms with Crippen LogP contribution in [0.25, 0.3) is 0 Å². The summed E-state index contributed by atoms with van der Waals surface area (Å²) >= 11 is 0. The maximum Gasteiger partial charge on any atom is 0.0910 e. The fraction of sp³-hybridized carbons (Fsp3) is 0.625. The lowest BCUT2D eigenvalue weighted by atomic mass is 10.1. The highest BCUT2D eigenvalue weighted by atomic mass is 15.4. The zero-order chi connectivity index (χ0) is 7.68. The first-order chi connectivity index (χ1) is 5.42. The Labute approximate surface area is 66.4 Å². The van der Waals surface area contributed by atoms with Gasteiger partial charge >= 0.3 is 0 Å². The van der Waals surface area contributed by atoms with E-state index in [-0.39, 0.29) is 0 Å². The molecule has 0 unspecified atom stereocenters. The Morgan fingerprint density at radius 2 is 2.64 bits per heavy atom. The summed E-state index contributed by atoms with van der Waals surface area (Å²) in [6, 6.07) is 0. The van der Waals surface area contributed by atoms with Gasteiger partial charge in [0.2, 0.25) is 0 Å². The summed E-state index contributed by atoms with van der Waals surface area (Å²) < 4.78 is 2.05. The monoisotopic (exact) mass is 151 g/mol. The van der Waals surface area contributed by atoms with Crippen LogP contribution in [0.1, 0.15) is 24.6 Å². The quantitative estimate of drug-likeness (QED) is 0.680. The molecule has 1 N–H and O–H groups in total. The van der Waals surface area contributed by atoms with E-state index in [4.69, 9.17) is 0 Å². The molecule has 1 aliphatic heterocycles. The Kier molecular flexibility index (Phi) is 1.66. The van der Waals surface area contributed by atoms with Gasteiger partial charge in [-0.25, -0.2) is 0 Å². The summed E-state index contributed by atoms with van der Waals surface area (Å²) in [5.74, 6) is 0. The first-order valence-corrected chi connectivity index (χ1v) is 4.16. The molecule has 2 heterocycles. The average molecular weight is 151 g/mol. The van der Waals surface area contributed by atoms with Crippen molar-refractivity contribution < 1.29 is 0 Å². The second-order valence-electron chi connectivity index (χ2n) is 2.95. The highest BCUT2D eigenvalue weighted by Crippen LogP contribution is 2.13. The first-order valence-electron chi connectivity index (χ1n) is 4.16. The summed E-state index contributed by atoms with van der Waals surface area (Å²) in [6.45, 7) is 4.08. The second kappa shape index (κ2) is 2.66. The molecular weight excluding hydrogens is 138 g/mol. The third-order valence-corrected chi connectivity index (χ3v) is 2.11. The van der Waals surface area contributed by atoms with E-state index in [0.717, 1.165) is 19.6 Å². The fourth-order valence-electron chi connectivity index (χ4n) is 1.55. The lowest BCUT2D eigenvalue weighted by Gasteiger charge is -1.95. The molecular formula is C8H13N3. The van der Waals surface area contributed by atoms with Crippen LogP contribution in [0.2, 0.25) is 0 Å². The maximum absolute atomic E-state index is 4.27. The van der Waals surface area contributed by atoms with Gasteiger partial charge in [-0.05, 0) is 12.0 Å². The topological polar surface area (TPSA) is 29.9 Å². The van der Waals surface area contributed by atoms with Crippen molar-refractivity contribution in [1.82, 2.24) is 15.1 Å². The summed E-state index contributed by atoms with van der Waals surface area (Å²) in [5, 5.41) is 7.54. The molecule has 60 valence electrons. The van der Waals surface area contributed by atoms with E-state index in [2.05, 4.69) is 17.3 Å². The van der Waals surface area contributed by atoms with Crippen LogP contribution >= 0.6 is 0 Å². The smallest absolute Gasteiger partial charge is 0.0910 e. The molecule has 0 bridgehead atoms. The number of hydrogen-bond acceptors (Lipinski definition) is 2. The van der Waals surface area contributed by atoms with E-state index in [0.29, 0.717) is 0 Å². The molecule has 1 aliphatic rings. The van der Waals surface area contributed by atoms with E-state index in [9.17, 15) is 0 Å². The lowest BCUT2D eigenvalue weighted by molar-refractivity contribution is 0.599. The van der Waals surface area contributed by atoms with Gasteiger partial charge in [0.25, 0.3) is 0 Å². The largest absolute Gasteiger partial charge is 0.293 e. The van der Waals surface area contributed by atoms with E-state index < -0.39 is 0 Å². The molecule has 0 saturated heterocycles. The van der Waals surface area contributed by atoms with Crippen molar-refractivity contribution in [2.75, 3.05) is 0 Å². The van der Waals surface area contributed by atoms with Gasteiger partial charge in [0.1, 0.15) is 0 Å². The zero-order valence-electron chi connectivity index (χ0n) is 6.80. The molecule has 3 nitrogen and oxygen atoms in total. The van der Waals surface area contributed by atoms with Crippen molar-refractivity contribution in [2.24, 2.45) is 0 Å². The van der Waals surface area contributed by atoms with Crippen molar-refractivity contribution in [2.45, 2.75) is 33.0 Å². The first kappa shape index (κ1) is 6.85. The number of fused-ring (bicyclic) bond motifs is 1. The van der Waals surface area contributed by atoms with Crippen molar-refractivity contribution in [3.8, 4) is 0 Å². The van der Waals surface area contributed by atoms with Crippen LogP contribution in [0.15, 0.2) is 6.20 Å². The summed E-state index contributed by atoms with van der Waals surface area (Å²) in [4.78, 5) is 0. The molecule has 0 aromatic carbocycles. The maximum atomic E-state index is 4.27. The van der Waals surface area contributed by atoms with E-state index in [1.165, 1.54) is 17.7 Å². The Morgan fingerprint density at radius 3 is 3.45 bits per heavy atom. The SMILES string of the molecule is CCCc1cnn2c1CNC2. The summed E-state index contributed by atoms with van der Waals surface area (Å²) in [7, 11) is 0. The second-order valence-corrected chi connectivity index (χ2v) is 2.95. The van der Waals surface area contributed by atoms with Crippen molar-refractivity contribution in [3.05, 3.63) is 17.5 Å². The third kappa shape index (κ3) is 1.05. The van der Waals surface area contributed by atoms with Crippen LogP contribution in [-0.4, -0.2) is 9.78 Å². The van der Waals surface area contributed by atoms with Crippen molar-refractivity contribution >= 4 is 0 Å². The van der Waals surface area contributed by atoms with E-state index >= 15 is 0 Å². The predicted molar refractivity (Wildman–Crippen MR) is 43.1 cm³/mol. The molecule has 1 aromatic heterocycles. The molecule has 11 heavy (non-hydrogen) atoms. The molecule has 0 aliphatic carbocycles. The summed E-state index contributed by atoms with van der Waals surface area (Å²) in [6.07, 6.45) is 4.37. The van der Waals surface area contributed by atoms with Crippen LogP contribution in [0.3, 0.4) is 0 Å². The Morgan fingerprint density at radius 1 is 1.73 bits per heavy atom. The van der Waals surface area contributed by atoms with Crippen LogP contribution in [0, 0.1) is 0 Å². The van der Waals surface area contributed by atoms with Crippen molar-refractivity contribution in [3.63, 3.8) is 0 Å². The predicted octanol–water partition coefficient (Wildman–Crippen LogP) is 0.896. The number of aromatic nitrogens is 2. The minimum absolute atomic E-state index is 0.888. The number of hydrogen-bond donors (Lipinski definition) is 1. The van der Waals surface area contributed by atoms with Gasteiger partial charge in [-0.2, -0.15) is 5.10 Å². The lowest BCUT2D eigenvalue weighted by Crippen LogP contribution is -2.05. The number of rotatable bonds is 2. The molecule has 2 rings (SSSR count).